The van der Waals surface area contributed by atoms with Crippen LogP contribution in [0.5, 0.6) is 0 Å². The summed E-state index contributed by atoms with van der Waals surface area (Å²) in [5, 5.41) is 4.52. The van der Waals surface area contributed by atoms with E-state index >= 15 is 0 Å². The predicted octanol–water partition coefficient (Wildman–Crippen LogP) is 5.58. The second kappa shape index (κ2) is 9.54. The van der Waals surface area contributed by atoms with E-state index in [1.165, 1.54) is 42.8 Å². The van der Waals surface area contributed by atoms with Crippen molar-refractivity contribution in [2.24, 2.45) is 15.8 Å². The summed E-state index contributed by atoms with van der Waals surface area (Å²) in [4.78, 5) is 9.90. The van der Waals surface area contributed by atoms with Gasteiger partial charge in [-0.3, -0.25) is 4.99 Å². The molecule has 2 aromatic rings. The standard InChI is InChI=1S/C27H37ClN4/c1-31(2)19-26(20-32(3)4)12-14-27(15-13-26)17-22-9-5-6-11-24(22)30-25(27)29-18-21-8-7-10-23(28)16-21/h5-11,16H,12-15,17-20H2,1-4H3,(H,29,30). The third kappa shape index (κ3) is 5.19. The van der Waals surface area contributed by atoms with Crippen LogP contribution in [0.1, 0.15) is 36.8 Å². The number of benzene rings is 2. The van der Waals surface area contributed by atoms with E-state index in [0.29, 0.717) is 12.0 Å². The summed E-state index contributed by atoms with van der Waals surface area (Å²) in [5.41, 5.74) is 4.22. The molecule has 32 heavy (non-hydrogen) atoms. The number of hydrogen-bond donors (Lipinski definition) is 1. The summed E-state index contributed by atoms with van der Waals surface area (Å²) in [6.45, 7) is 2.94. The molecule has 1 N–H and O–H groups in total. The highest BCUT2D eigenvalue weighted by atomic mass is 35.5. The Morgan fingerprint density at radius 1 is 0.906 bits per heavy atom. The van der Waals surface area contributed by atoms with E-state index in [9.17, 15) is 0 Å². The lowest BCUT2D eigenvalue weighted by atomic mass is 9.59. The van der Waals surface area contributed by atoms with E-state index < -0.39 is 0 Å². The van der Waals surface area contributed by atoms with Crippen LogP contribution in [0.4, 0.5) is 5.69 Å². The van der Waals surface area contributed by atoms with Gasteiger partial charge in [0.25, 0.3) is 0 Å². The Labute approximate surface area is 198 Å². The number of para-hydroxylation sites is 1. The Balaban J connectivity index is 1.62. The van der Waals surface area contributed by atoms with Gasteiger partial charge in [0.15, 0.2) is 0 Å². The Morgan fingerprint density at radius 2 is 1.59 bits per heavy atom. The van der Waals surface area contributed by atoms with Crippen molar-refractivity contribution in [1.82, 2.24) is 9.80 Å². The first-order valence-corrected chi connectivity index (χ1v) is 12.1. The summed E-state index contributed by atoms with van der Waals surface area (Å²) in [6.07, 6.45) is 5.87. The fourth-order valence-electron chi connectivity index (χ4n) is 5.90. The second-order valence-electron chi connectivity index (χ2n) is 10.5. The van der Waals surface area contributed by atoms with Crippen molar-refractivity contribution in [2.75, 3.05) is 46.6 Å². The molecule has 0 unspecified atom stereocenters. The molecule has 5 heteroatoms. The third-order valence-corrected chi connectivity index (χ3v) is 7.42. The smallest absolute Gasteiger partial charge is 0.108 e. The maximum absolute atomic E-state index is 6.22. The molecule has 2 aliphatic rings. The van der Waals surface area contributed by atoms with Crippen molar-refractivity contribution in [3.63, 3.8) is 0 Å². The highest BCUT2D eigenvalue weighted by Crippen LogP contribution is 2.51. The first-order valence-electron chi connectivity index (χ1n) is 11.7. The molecular formula is C27H37ClN4. The quantitative estimate of drug-likeness (QED) is 0.620. The number of amidine groups is 1. The van der Waals surface area contributed by atoms with Crippen molar-refractivity contribution in [3.05, 3.63) is 64.7 Å². The van der Waals surface area contributed by atoms with E-state index in [1.54, 1.807) is 0 Å². The minimum Gasteiger partial charge on any atom is -0.343 e. The van der Waals surface area contributed by atoms with E-state index in [1.807, 2.05) is 18.2 Å². The van der Waals surface area contributed by atoms with Crippen LogP contribution in [0.2, 0.25) is 5.02 Å². The number of aliphatic imine (C=N–C) groups is 1. The average molecular weight is 453 g/mol. The fraction of sp³-hybridized carbons (Fsp3) is 0.519. The van der Waals surface area contributed by atoms with Crippen LogP contribution in [-0.4, -0.2) is 56.9 Å². The Hall–Kier alpha value is -1.88. The van der Waals surface area contributed by atoms with E-state index in [2.05, 4.69) is 73.6 Å². The van der Waals surface area contributed by atoms with Gasteiger partial charge in [0.1, 0.15) is 5.84 Å². The molecule has 0 aromatic heterocycles. The number of halogens is 1. The zero-order valence-electron chi connectivity index (χ0n) is 20.0. The predicted molar refractivity (Wildman–Crippen MR) is 137 cm³/mol. The molecule has 0 saturated heterocycles. The topological polar surface area (TPSA) is 30.9 Å². The highest BCUT2D eigenvalue weighted by molar-refractivity contribution is 6.30. The Morgan fingerprint density at radius 3 is 2.25 bits per heavy atom. The van der Waals surface area contributed by atoms with Crippen molar-refractivity contribution in [1.29, 1.82) is 0 Å². The van der Waals surface area contributed by atoms with Crippen LogP contribution >= 0.6 is 11.6 Å². The lowest BCUT2D eigenvalue weighted by molar-refractivity contribution is 0.0595. The normalized spacial score (nSPS) is 20.5. The minimum absolute atomic E-state index is 0.0923. The largest absolute Gasteiger partial charge is 0.343 e. The first kappa shape index (κ1) is 23.3. The molecule has 2 aromatic carbocycles. The number of hydrogen-bond acceptors (Lipinski definition) is 3. The maximum Gasteiger partial charge on any atom is 0.108 e. The molecule has 172 valence electrons. The molecule has 4 rings (SSSR count). The molecule has 1 heterocycles. The van der Waals surface area contributed by atoms with E-state index in [4.69, 9.17) is 16.6 Å². The highest BCUT2D eigenvalue weighted by Gasteiger charge is 2.47. The molecule has 1 fully saturated rings. The van der Waals surface area contributed by atoms with Crippen LogP contribution in [0, 0.1) is 10.8 Å². The zero-order valence-corrected chi connectivity index (χ0v) is 20.8. The third-order valence-electron chi connectivity index (χ3n) is 7.18. The molecule has 0 bridgehead atoms. The van der Waals surface area contributed by atoms with Crippen LogP contribution in [0.3, 0.4) is 0 Å². The summed E-state index contributed by atoms with van der Waals surface area (Å²) in [7, 11) is 8.83. The van der Waals surface area contributed by atoms with Gasteiger partial charge in [-0.05, 0) is 95.0 Å². The van der Waals surface area contributed by atoms with Gasteiger partial charge in [0.05, 0.1) is 6.54 Å². The lowest BCUT2D eigenvalue weighted by Gasteiger charge is -2.50. The average Bonchev–Trinajstić information content (AvgIpc) is 2.73. The number of fused-ring (bicyclic) bond motifs is 1. The molecule has 1 saturated carbocycles. The number of nitrogens with zero attached hydrogens (tertiary/aromatic N) is 3. The van der Waals surface area contributed by atoms with Crippen LogP contribution in [0.25, 0.3) is 0 Å². The molecule has 1 aliphatic carbocycles. The van der Waals surface area contributed by atoms with Gasteiger partial charge in [0.2, 0.25) is 0 Å². The first-order chi connectivity index (χ1) is 15.3. The SMILES string of the molecule is CN(C)CC1(CN(C)C)CCC2(CC1)Cc1ccccc1NC2=NCc1cccc(Cl)c1. The molecular weight excluding hydrogens is 416 g/mol. The zero-order chi connectivity index (χ0) is 22.8. The van der Waals surface area contributed by atoms with Gasteiger partial charge in [0, 0.05) is 29.2 Å². The van der Waals surface area contributed by atoms with Crippen LogP contribution < -0.4 is 5.32 Å². The molecule has 0 atom stereocenters. The number of rotatable bonds is 6. The number of anilines is 1. The molecule has 1 aliphatic heterocycles. The van der Waals surface area contributed by atoms with E-state index in [0.717, 1.165) is 30.1 Å². The van der Waals surface area contributed by atoms with Gasteiger partial charge < -0.3 is 15.1 Å². The lowest BCUT2D eigenvalue weighted by Crippen LogP contribution is -2.51. The summed E-state index contributed by atoms with van der Waals surface area (Å²) < 4.78 is 0. The number of nitrogens with one attached hydrogen (secondary N) is 1. The molecule has 0 amide bonds. The fourth-order valence-corrected chi connectivity index (χ4v) is 6.11. The van der Waals surface area contributed by atoms with Gasteiger partial charge in [-0.15, -0.1) is 0 Å². The van der Waals surface area contributed by atoms with Crippen LogP contribution in [0.15, 0.2) is 53.5 Å². The van der Waals surface area contributed by atoms with Gasteiger partial charge in [-0.25, -0.2) is 0 Å². The van der Waals surface area contributed by atoms with Crippen molar-refractivity contribution < 1.29 is 0 Å². The van der Waals surface area contributed by atoms with Gasteiger partial charge in [-0.2, -0.15) is 0 Å². The summed E-state index contributed by atoms with van der Waals surface area (Å²) in [5.74, 6) is 1.17. The Bertz CT molecular complexity index is 946. The molecule has 0 radical (unpaired) electrons. The summed E-state index contributed by atoms with van der Waals surface area (Å²) >= 11 is 6.22. The molecule has 4 nitrogen and oxygen atoms in total. The maximum atomic E-state index is 6.22. The second-order valence-corrected chi connectivity index (χ2v) is 10.9. The molecule has 1 spiro atoms. The van der Waals surface area contributed by atoms with Crippen molar-refractivity contribution in [3.8, 4) is 0 Å². The Kier molecular flexibility index (Phi) is 6.94. The summed E-state index contributed by atoms with van der Waals surface area (Å²) in [6, 6.07) is 16.8. The van der Waals surface area contributed by atoms with Crippen LogP contribution in [-0.2, 0) is 13.0 Å². The van der Waals surface area contributed by atoms with Crippen molar-refractivity contribution >= 4 is 23.1 Å². The monoisotopic (exact) mass is 452 g/mol. The van der Waals surface area contributed by atoms with E-state index in [-0.39, 0.29) is 5.41 Å². The van der Waals surface area contributed by atoms with Crippen molar-refractivity contribution in [2.45, 2.75) is 38.6 Å². The van der Waals surface area contributed by atoms with Gasteiger partial charge in [-0.1, -0.05) is 41.9 Å². The van der Waals surface area contributed by atoms with Gasteiger partial charge >= 0.3 is 0 Å². The minimum atomic E-state index is 0.0923.